The Balaban J connectivity index is 2.63. The Kier molecular flexibility index (Phi) is 3.69. The molecule has 0 amide bonds. The summed E-state index contributed by atoms with van der Waals surface area (Å²) >= 11 is 0. The minimum atomic E-state index is 0.170. The maximum Gasteiger partial charge on any atom is 0.0948 e. The van der Waals surface area contributed by atoms with Crippen molar-refractivity contribution in [2.45, 2.75) is 39.2 Å². The first kappa shape index (κ1) is 11.2. The van der Waals surface area contributed by atoms with E-state index in [2.05, 4.69) is 30.3 Å². The van der Waals surface area contributed by atoms with E-state index in [4.69, 9.17) is 4.74 Å². The summed E-state index contributed by atoms with van der Waals surface area (Å²) in [5.74, 6) is 0. The molecule has 0 radical (unpaired) electrons. The van der Waals surface area contributed by atoms with E-state index in [1.54, 1.807) is 7.11 Å². The highest BCUT2D eigenvalue weighted by molar-refractivity contribution is 5.10. The van der Waals surface area contributed by atoms with Crippen molar-refractivity contribution in [3.8, 4) is 0 Å². The van der Waals surface area contributed by atoms with Crippen LogP contribution in [-0.4, -0.2) is 23.3 Å². The molecule has 3 heteroatoms. The van der Waals surface area contributed by atoms with Gasteiger partial charge in [-0.1, -0.05) is 20.8 Å². The highest BCUT2D eigenvalue weighted by Crippen LogP contribution is 2.21. The number of nitrogens with zero attached hydrogens (tertiary/aromatic N) is 2. The van der Waals surface area contributed by atoms with E-state index in [1.165, 1.54) is 5.69 Å². The quantitative estimate of drug-likeness (QED) is 0.690. The number of hydrogen-bond acceptors (Lipinski definition) is 2. The molecule has 1 rings (SSSR count). The number of imidazole rings is 1. The largest absolute Gasteiger partial charge is 0.385 e. The topological polar surface area (TPSA) is 27.1 Å². The van der Waals surface area contributed by atoms with Crippen LogP contribution in [0.15, 0.2) is 12.5 Å². The van der Waals surface area contributed by atoms with Gasteiger partial charge in [-0.3, -0.25) is 0 Å². The molecule has 1 heterocycles. The fourth-order valence-corrected chi connectivity index (χ4v) is 1.50. The molecular formula is C11H20N2O. The van der Waals surface area contributed by atoms with Crippen LogP contribution in [0, 0.1) is 0 Å². The van der Waals surface area contributed by atoms with Crippen molar-refractivity contribution in [2.24, 2.45) is 0 Å². The van der Waals surface area contributed by atoms with Gasteiger partial charge >= 0.3 is 0 Å². The zero-order valence-electron chi connectivity index (χ0n) is 9.58. The van der Waals surface area contributed by atoms with Crippen LogP contribution in [0.2, 0.25) is 0 Å². The summed E-state index contributed by atoms with van der Waals surface area (Å²) < 4.78 is 7.24. The predicted molar refractivity (Wildman–Crippen MR) is 57.4 cm³/mol. The molecule has 0 unspecified atom stereocenters. The van der Waals surface area contributed by atoms with Crippen molar-refractivity contribution in [3.63, 3.8) is 0 Å². The zero-order chi connectivity index (χ0) is 10.6. The summed E-state index contributed by atoms with van der Waals surface area (Å²) in [4.78, 5) is 4.19. The molecule has 0 atom stereocenters. The van der Waals surface area contributed by atoms with E-state index >= 15 is 0 Å². The summed E-state index contributed by atoms with van der Waals surface area (Å²) in [6.45, 7) is 8.41. The number of hydrogen-bond donors (Lipinski definition) is 0. The van der Waals surface area contributed by atoms with Gasteiger partial charge in [0.1, 0.15) is 0 Å². The second-order valence-corrected chi connectivity index (χ2v) is 4.57. The van der Waals surface area contributed by atoms with Crippen LogP contribution >= 0.6 is 0 Å². The first-order chi connectivity index (χ1) is 6.55. The predicted octanol–water partition coefficient (Wildman–Crippen LogP) is 2.22. The average Bonchev–Trinajstić information content (AvgIpc) is 2.52. The van der Waals surface area contributed by atoms with Gasteiger partial charge in [0.2, 0.25) is 0 Å². The first-order valence-corrected chi connectivity index (χ1v) is 5.05. The minimum Gasteiger partial charge on any atom is -0.385 e. The van der Waals surface area contributed by atoms with Crippen LogP contribution in [0.5, 0.6) is 0 Å². The molecule has 80 valence electrons. The third-order valence-corrected chi connectivity index (χ3v) is 2.23. The summed E-state index contributed by atoms with van der Waals surface area (Å²) in [5, 5.41) is 0. The number of methoxy groups -OCH3 is 1. The van der Waals surface area contributed by atoms with Gasteiger partial charge in [0.15, 0.2) is 0 Å². The Morgan fingerprint density at radius 2 is 2.14 bits per heavy atom. The van der Waals surface area contributed by atoms with Crippen LogP contribution in [0.1, 0.15) is 32.9 Å². The minimum absolute atomic E-state index is 0.170. The number of rotatable bonds is 4. The second-order valence-electron chi connectivity index (χ2n) is 4.57. The van der Waals surface area contributed by atoms with Crippen LogP contribution in [-0.2, 0) is 16.7 Å². The van der Waals surface area contributed by atoms with E-state index in [1.807, 2.05) is 12.5 Å². The molecule has 0 bridgehead atoms. The van der Waals surface area contributed by atoms with E-state index in [-0.39, 0.29) is 5.41 Å². The Bertz CT molecular complexity index is 273. The molecule has 0 saturated heterocycles. The van der Waals surface area contributed by atoms with Gasteiger partial charge in [-0.15, -0.1) is 0 Å². The average molecular weight is 196 g/mol. The molecule has 0 spiro atoms. The van der Waals surface area contributed by atoms with Gasteiger partial charge in [-0.25, -0.2) is 4.98 Å². The lowest BCUT2D eigenvalue weighted by Crippen LogP contribution is -2.17. The highest BCUT2D eigenvalue weighted by atomic mass is 16.5. The van der Waals surface area contributed by atoms with Crippen molar-refractivity contribution in [3.05, 3.63) is 18.2 Å². The lowest BCUT2D eigenvalue weighted by atomic mass is 9.92. The fraction of sp³-hybridized carbons (Fsp3) is 0.727. The summed E-state index contributed by atoms with van der Waals surface area (Å²) in [6, 6.07) is 0. The molecule has 1 aromatic heterocycles. The van der Waals surface area contributed by atoms with Crippen molar-refractivity contribution in [1.82, 2.24) is 9.55 Å². The van der Waals surface area contributed by atoms with Crippen LogP contribution in [0.25, 0.3) is 0 Å². The van der Waals surface area contributed by atoms with Gasteiger partial charge in [0, 0.05) is 37.6 Å². The van der Waals surface area contributed by atoms with Gasteiger partial charge in [0.05, 0.1) is 6.33 Å². The maximum absolute atomic E-state index is 5.03. The lowest BCUT2D eigenvalue weighted by Gasteiger charge is -2.20. The smallest absolute Gasteiger partial charge is 0.0948 e. The molecule has 14 heavy (non-hydrogen) atoms. The first-order valence-electron chi connectivity index (χ1n) is 5.05. The Labute approximate surface area is 86.1 Å². The van der Waals surface area contributed by atoms with Gasteiger partial charge in [0.25, 0.3) is 0 Å². The molecule has 0 saturated carbocycles. The molecule has 0 N–H and O–H groups in total. The molecular weight excluding hydrogens is 176 g/mol. The van der Waals surface area contributed by atoms with E-state index in [9.17, 15) is 0 Å². The lowest BCUT2D eigenvalue weighted by molar-refractivity contribution is 0.189. The Hall–Kier alpha value is -0.830. The monoisotopic (exact) mass is 196 g/mol. The third-order valence-electron chi connectivity index (χ3n) is 2.23. The normalized spacial score (nSPS) is 12.0. The highest BCUT2D eigenvalue weighted by Gasteiger charge is 2.17. The fourth-order valence-electron chi connectivity index (χ4n) is 1.50. The van der Waals surface area contributed by atoms with E-state index < -0.39 is 0 Å². The molecule has 1 aromatic rings. The van der Waals surface area contributed by atoms with Crippen LogP contribution in [0.4, 0.5) is 0 Å². The zero-order valence-corrected chi connectivity index (χ0v) is 9.58. The van der Waals surface area contributed by atoms with Gasteiger partial charge in [-0.2, -0.15) is 0 Å². The van der Waals surface area contributed by atoms with Crippen molar-refractivity contribution < 1.29 is 4.74 Å². The Morgan fingerprint density at radius 3 is 2.71 bits per heavy atom. The molecule has 3 nitrogen and oxygen atoms in total. The van der Waals surface area contributed by atoms with Crippen LogP contribution < -0.4 is 0 Å². The van der Waals surface area contributed by atoms with Gasteiger partial charge in [-0.05, 0) is 6.42 Å². The molecule has 0 aliphatic heterocycles. The van der Waals surface area contributed by atoms with Crippen LogP contribution in [0.3, 0.4) is 0 Å². The summed E-state index contributed by atoms with van der Waals surface area (Å²) in [7, 11) is 1.73. The van der Waals surface area contributed by atoms with E-state index in [0.29, 0.717) is 0 Å². The van der Waals surface area contributed by atoms with Crippen molar-refractivity contribution >= 4 is 0 Å². The standard InChI is InChI=1S/C11H20N2O/c1-11(2,3)10-8-12-9-13(10)6-5-7-14-4/h8-9H,5-7H2,1-4H3. The number of aryl methyl sites for hydroxylation is 1. The Morgan fingerprint density at radius 1 is 1.43 bits per heavy atom. The van der Waals surface area contributed by atoms with E-state index in [0.717, 1.165) is 19.6 Å². The molecule has 0 aliphatic rings. The summed E-state index contributed by atoms with van der Waals surface area (Å²) in [5.41, 5.74) is 1.46. The SMILES string of the molecule is COCCCn1cncc1C(C)(C)C. The molecule has 0 fully saturated rings. The third kappa shape index (κ3) is 2.84. The van der Waals surface area contributed by atoms with Crippen molar-refractivity contribution in [2.75, 3.05) is 13.7 Å². The van der Waals surface area contributed by atoms with Gasteiger partial charge < -0.3 is 9.30 Å². The molecule has 0 aromatic carbocycles. The maximum atomic E-state index is 5.03. The second kappa shape index (κ2) is 4.60. The molecule has 0 aliphatic carbocycles. The number of ether oxygens (including phenoxy) is 1. The number of aromatic nitrogens is 2. The van der Waals surface area contributed by atoms with Crippen molar-refractivity contribution in [1.29, 1.82) is 0 Å². The summed E-state index contributed by atoms with van der Waals surface area (Å²) in [6.07, 6.45) is 4.89.